The lowest BCUT2D eigenvalue weighted by Crippen LogP contribution is -2.12. The number of hydrogen-bond donors (Lipinski definition) is 2. The van der Waals surface area contributed by atoms with E-state index >= 15 is 0 Å². The van der Waals surface area contributed by atoms with Crippen LogP contribution in [-0.2, 0) is 0 Å². The van der Waals surface area contributed by atoms with Gasteiger partial charge in [0.25, 0.3) is 5.91 Å². The SMILES string of the molecule is COc1ccc(C(=O)Nc2cccc([C@H](C)O)c2)cc1Br. The number of methoxy groups -OCH3 is 1. The lowest BCUT2D eigenvalue weighted by atomic mass is 10.1. The Morgan fingerprint density at radius 1 is 1.29 bits per heavy atom. The summed E-state index contributed by atoms with van der Waals surface area (Å²) >= 11 is 3.35. The van der Waals surface area contributed by atoms with Gasteiger partial charge in [-0.3, -0.25) is 4.79 Å². The number of aliphatic hydroxyl groups excluding tert-OH is 1. The molecule has 0 unspecified atom stereocenters. The van der Waals surface area contributed by atoms with Crippen LogP contribution in [0, 0.1) is 0 Å². The van der Waals surface area contributed by atoms with Crippen LogP contribution in [0.15, 0.2) is 46.9 Å². The molecule has 1 amide bonds. The van der Waals surface area contributed by atoms with Crippen LogP contribution in [0.25, 0.3) is 0 Å². The van der Waals surface area contributed by atoms with Crippen LogP contribution in [0.1, 0.15) is 28.9 Å². The third kappa shape index (κ3) is 3.83. The Morgan fingerprint density at radius 2 is 2.05 bits per heavy atom. The summed E-state index contributed by atoms with van der Waals surface area (Å²) < 4.78 is 5.85. The summed E-state index contributed by atoms with van der Waals surface area (Å²) in [5, 5.41) is 12.4. The summed E-state index contributed by atoms with van der Waals surface area (Å²) in [5.74, 6) is 0.448. The predicted octanol–water partition coefficient (Wildman–Crippen LogP) is 3.76. The number of hydrogen-bond acceptors (Lipinski definition) is 3. The van der Waals surface area contributed by atoms with Gasteiger partial charge in [0, 0.05) is 11.3 Å². The fourth-order valence-electron chi connectivity index (χ4n) is 1.89. The van der Waals surface area contributed by atoms with Gasteiger partial charge in [0.2, 0.25) is 0 Å². The van der Waals surface area contributed by atoms with Crippen LogP contribution in [0.5, 0.6) is 5.75 Å². The molecule has 21 heavy (non-hydrogen) atoms. The van der Waals surface area contributed by atoms with Gasteiger partial charge in [-0.15, -0.1) is 0 Å². The molecular formula is C16H16BrNO3. The third-order valence-electron chi connectivity index (χ3n) is 3.04. The monoisotopic (exact) mass is 349 g/mol. The van der Waals surface area contributed by atoms with Crippen LogP contribution in [-0.4, -0.2) is 18.1 Å². The van der Waals surface area contributed by atoms with Crippen LogP contribution in [0.4, 0.5) is 5.69 Å². The largest absolute Gasteiger partial charge is 0.496 e. The van der Waals surface area contributed by atoms with Crippen molar-refractivity contribution in [2.24, 2.45) is 0 Å². The van der Waals surface area contributed by atoms with Gasteiger partial charge in [-0.1, -0.05) is 12.1 Å². The van der Waals surface area contributed by atoms with Gasteiger partial charge in [-0.25, -0.2) is 0 Å². The number of ether oxygens (including phenoxy) is 1. The highest BCUT2D eigenvalue weighted by atomic mass is 79.9. The number of nitrogens with one attached hydrogen (secondary N) is 1. The number of anilines is 1. The molecule has 2 rings (SSSR count). The molecule has 5 heteroatoms. The highest BCUT2D eigenvalue weighted by Gasteiger charge is 2.10. The maximum absolute atomic E-state index is 12.2. The summed E-state index contributed by atoms with van der Waals surface area (Å²) in [7, 11) is 1.57. The van der Waals surface area contributed by atoms with Crippen molar-refractivity contribution >= 4 is 27.5 Å². The molecule has 0 heterocycles. The average Bonchev–Trinajstić information content (AvgIpc) is 2.47. The molecule has 2 N–H and O–H groups in total. The van der Waals surface area contributed by atoms with Crippen LogP contribution < -0.4 is 10.1 Å². The molecule has 0 aliphatic rings. The van der Waals surface area contributed by atoms with Crippen molar-refractivity contribution < 1.29 is 14.6 Å². The zero-order valence-corrected chi connectivity index (χ0v) is 13.3. The van der Waals surface area contributed by atoms with E-state index in [-0.39, 0.29) is 5.91 Å². The molecule has 0 spiro atoms. The molecule has 1 atom stereocenters. The molecule has 0 saturated carbocycles. The van der Waals surface area contributed by atoms with E-state index in [0.29, 0.717) is 17.0 Å². The molecule has 110 valence electrons. The Balaban J connectivity index is 2.18. The van der Waals surface area contributed by atoms with E-state index in [1.807, 2.05) is 6.07 Å². The van der Waals surface area contributed by atoms with Crippen molar-refractivity contribution in [2.75, 3.05) is 12.4 Å². The molecule has 0 aromatic heterocycles. The third-order valence-corrected chi connectivity index (χ3v) is 3.66. The number of carbonyl (C=O) groups is 1. The predicted molar refractivity (Wildman–Crippen MR) is 85.7 cm³/mol. The normalized spacial score (nSPS) is 11.8. The Hall–Kier alpha value is -1.85. The maximum Gasteiger partial charge on any atom is 0.255 e. The Kier molecular flexibility index (Phi) is 4.98. The second-order valence-corrected chi connectivity index (χ2v) is 5.46. The standard InChI is InChI=1S/C16H16BrNO3/c1-10(19)11-4-3-5-13(8-11)18-16(20)12-6-7-15(21-2)14(17)9-12/h3-10,19H,1-2H3,(H,18,20)/t10-/m0/s1. The van der Waals surface area contributed by atoms with E-state index in [1.165, 1.54) is 0 Å². The zero-order valence-electron chi connectivity index (χ0n) is 11.8. The molecule has 0 fully saturated rings. The minimum absolute atomic E-state index is 0.221. The van der Waals surface area contributed by atoms with Gasteiger partial charge < -0.3 is 15.2 Å². The lowest BCUT2D eigenvalue weighted by Gasteiger charge is -2.10. The first-order valence-electron chi connectivity index (χ1n) is 6.44. The highest BCUT2D eigenvalue weighted by molar-refractivity contribution is 9.10. The maximum atomic E-state index is 12.2. The van der Waals surface area contributed by atoms with Gasteiger partial charge >= 0.3 is 0 Å². The molecule has 2 aromatic carbocycles. The summed E-state index contributed by atoms with van der Waals surface area (Å²) in [6, 6.07) is 12.3. The van der Waals surface area contributed by atoms with Crippen molar-refractivity contribution in [1.29, 1.82) is 0 Å². The molecule has 0 aliphatic heterocycles. The van der Waals surface area contributed by atoms with Crippen molar-refractivity contribution in [3.8, 4) is 5.75 Å². The van der Waals surface area contributed by atoms with Crippen LogP contribution in [0.2, 0.25) is 0 Å². The van der Waals surface area contributed by atoms with Crippen molar-refractivity contribution in [2.45, 2.75) is 13.0 Å². The summed E-state index contributed by atoms with van der Waals surface area (Å²) in [5.41, 5.74) is 1.92. The fourth-order valence-corrected chi connectivity index (χ4v) is 2.43. The van der Waals surface area contributed by atoms with Gasteiger partial charge in [-0.05, 0) is 58.7 Å². The number of carbonyl (C=O) groups excluding carboxylic acids is 1. The lowest BCUT2D eigenvalue weighted by molar-refractivity contribution is 0.102. The number of rotatable bonds is 4. The number of benzene rings is 2. The van der Waals surface area contributed by atoms with Crippen LogP contribution >= 0.6 is 15.9 Å². The van der Waals surface area contributed by atoms with E-state index < -0.39 is 6.10 Å². The van der Waals surface area contributed by atoms with Crippen molar-refractivity contribution in [3.63, 3.8) is 0 Å². The zero-order chi connectivity index (χ0) is 15.4. The number of amides is 1. The smallest absolute Gasteiger partial charge is 0.255 e. The Bertz CT molecular complexity index is 656. The molecule has 0 saturated heterocycles. The first-order valence-corrected chi connectivity index (χ1v) is 7.23. The Morgan fingerprint density at radius 3 is 2.67 bits per heavy atom. The molecular weight excluding hydrogens is 334 g/mol. The topological polar surface area (TPSA) is 58.6 Å². The average molecular weight is 350 g/mol. The van der Waals surface area contributed by atoms with E-state index in [2.05, 4.69) is 21.2 Å². The van der Waals surface area contributed by atoms with Crippen molar-refractivity contribution in [1.82, 2.24) is 0 Å². The van der Waals surface area contributed by atoms with Gasteiger partial charge in [0.1, 0.15) is 5.75 Å². The quantitative estimate of drug-likeness (QED) is 0.883. The van der Waals surface area contributed by atoms with E-state index in [0.717, 1.165) is 10.0 Å². The van der Waals surface area contributed by atoms with E-state index in [9.17, 15) is 9.90 Å². The minimum Gasteiger partial charge on any atom is -0.496 e. The summed E-state index contributed by atoms with van der Waals surface area (Å²) in [4.78, 5) is 12.2. The summed E-state index contributed by atoms with van der Waals surface area (Å²) in [6.07, 6.45) is -0.572. The summed E-state index contributed by atoms with van der Waals surface area (Å²) in [6.45, 7) is 1.68. The highest BCUT2D eigenvalue weighted by Crippen LogP contribution is 2.26. The first-order chi connectivity index (χ1) is 10.0. The second-order valence-electron chi connectivity index (χ2n) is 4.60. The van der Waals surface area contributed by atoms with Gasteiger partial charge in [0.15, 0.2) is 0 Å². The minimum atomic E-state index is -0.572. The molecule has 0 bridgehead atoms. The van der Waals surface area contributed by atoms with Gasteiger partial charge in [0.05, 0.1) is 17.7 Å². The molecule has 0 radical (unpaired) electrons. The van der Waals surface area contributed by atoms with E-state index in [4.69, 9.17) is 4.74 Å². The fraction of sp³-hybridized carbons (Fsp3) is 0.188. The second kappa shape index (κ2) is 6.74. The Labute approximate surface area is 131 Å². The number of halogens is 1. The van der Waals surface area contributed by atoms with Gasteiger partial charge in [-0.2, -0.15) is 0 Å². The number of aliphatic hydroxyl groups is 1. The van der Waals surface area contributed by atoms with Crippen LogP contribution in [0.3, 0.4) is 0 Å². The molecule has 4 nitrogen and oxygen atoms in total. The molecule has 0 aliphatic carbocycles. The molecule has 2 aromatic rings. The van der Waals surface area contributed by atoms with E-state index in [1.54, 1.807) is 50.4 Å². The first kappa shape index (κ1) is 15.5. The van der Waals surface area contributed by atoms with Crippen molar-refractivity contribution in [3.05, 3.63) is 58.1 Å².